The van der Waals surface area contributed by atoms with Gasteiger partial charge in [-0.2, -0.15) is 5.10 Å². The SMILES string of the molecule is O=C(CSc1n[nH]c(-c2ccncc2)n1)N1N=C(c2ccc(Cl)cc2)CC1c1ccco1. The van der Waals surface area contributed by atoms with Crippen molar-refractivity contribution < 1.29 is 9.21 Å². The maximum Gasteiger partial charge on any atom is 0.253 e. The van der Waals surface area contributed by atoms with E-state index in [0.29, 0.717) is 28.2 Å². The van der Waals surface area contributed by atoms with Crippen molar-refractivity contribution in [2.24, 2.45) is 5.10 Å². The second-order valence-electron chi connectivity index (χ2n) is 7.02. The van der Waals surface area contributed by atoms with Crippen LogP contribution in [0, 0.1) is 0 Å². The Labute approximate surface area is 192 Å². The number of halogens is 1. The molecule has 0 saturated carbocycles. The van der Waals surface area contributed by atoms with Gasteiger partial charge in [-0.05, 0) is 42.0 Å². The summed E-state index contributed by atoms with van der Waals surface area (Å²) in [7, 11) is 0. The summed E-state index contributed by atoms with van der Waals surface area (Å²) in [6, 6.07) is 14.5. The van der Waals surface area contributed by atoms with Crippen molar-refractivity contribution in [2.45, 2.75) is 17.6 Å². The molecule has 1 aliphatic heterocycles. The van der Waals surface area contributed by atoms with Crippen LogP contribution in [0.15, 0.2) is 81.9 Å². The van der Waals surface area contributed by atoms with Gasteiger partial charge < -0.3 is 4.42 Å². The number of hydrazone groups is 1. The second-order valence-corrected chi connectivity index (χ2v) is 8.40. The molecule has 4 heterocycles. The van der Waals surface area contributed by atoms with E-state index in [-0.39, 0.29) is 17.7 Å². The average molecular weight is 465 g/mol. The molecule has 32 heavy (non-hydrogen) atoms. The van der Waals surface area contributed by atoms with Crippen LogP contribution in [-0.2, 0) is 4.79 Å². The number of nitrogens with zero attached hydrogens (tertiary/aromatic N) is 5. The van der Waals surface area contributed by atoms with Gasteiger partial charge in [0.15, 0.2) is 5.82 Å². The van der Waals surface area contributed by atoms with E-state index in [4.69, 9.17) is 16.0 Å². The third-order valence-corrected chi connectivity index (χ3v) is 6.04. The van der Waals surface area contributed by atoms with Crippen LogP contribution in [0.25, 0.3) is 11.4 Å². The van der Waals surface area contributed by atoms with Crippen molar-refractivity contribution in [1.82, 2.24) is 25.2 Å². The van der Waals surface area contributed by atoms with Gasteiger partial charge in [-0.3, -0.25) is 14.9 Å². The van der Waals surface area contributed by atoms with Crippen molar-refractivity contribution in [3.8, 4) is 11.4 Å². The number of furan rings is 1. The summed E-state index contributed by atoms with van der Waals surface area (Å²) in [4.78, 5) is 21.5. The summed E-state index contributed by atoms with van der Waals surface area (Å²) >= 11 is 7.26. The number of hydrogen-bond donors (Lipinski definition) is 1. The van der Waals surface area contributed by atoms with Gasteiger partial charge in [0, 0.05) is 29.4 Å². The standard InChI is InChI=1S/C22H17ClN6O2S/c23-16-5-3-14(4-6-16)17-12-18(19-2-1-11-31-19)29(28-17)20(30)13-32-22-25-21(26-27-22)15-7-9-24-10-8-15/h1-11,18H,12-13H2,(H,25,26,27). The zero-order chi connectivity index (χ0) is 21.9. The average Bonchev–Trinajstić information content (AvgIpc) is 3.59. The molecule has 1 amide bonds. The minimum Gasteiger partial charge on any atom is -0.467 e. The molecule has 0 aliphatic carbocycles. The fourth-order valence-electron chi connectivity index (χ4n) is 3.40. The summed E-state index contributed by atoms with van der Waals surface area (Å²) in [5.74, 6) is 1.30. The number of pyridine rings is 1. The number of aromatic nitrogens is 4. The van der Waals surface area contributed by atoms with Crippen LogP contribution in [0.1, 0.15) is 23.8 Å². The molecule has 3 aromatic heterocycles. The normalized spacial score (nSPS) is 15.7. The predicted molar refractivity (Wildman–Crippen MR) is 121 cm³/mol. The number of carbonyl (C=O) groups is 1. The van der Waals surface area contributed by atoms with Crippen LogP contribution in [0.4, 0.5) is 0 Å². The van der Waals surface area contributed by atoms with Crippen LogP contribution < -0.4 is 0 Å². The highest BCUT2D eigenvalue weighted by Gasteiger charge is 2.34. The Morgan fingerprint density at radius 3 is 2.72 bits per heavy atom. The maximum absolute atomic E-state index is 13.1. The summed E-state index contributed by atoms with van der Waals surface area (Å²) in [6.07, 6.45) is 5.53. The molecule has 1 N–H and O–H groups in total. The number of rotatable bonds is 6. The number of hydrogen-bond acceptors (Lipinski definition) is 7. The lowest BCUT2D eigenvalue weighted by atomic mass is 10.0. The highest BCUT2D eigenvalue weighted by molar-refractivity contribution is 7.99. The second kappa shape index (κ2) is 8.97. The first-order valence-corrected chi connectivity index (χ1v) is 11.2. The monoisotopic (exact) mass is 464 g/mol. The number of aromatic amines is 1. The van der Waals surface area contributed by atoms with Crippen LogP contribution in [0.5, 0.6) is 0 Å². The fraction of sp³-hybridized carbons (Fsp3) is 0.136. The number of amides is 1. The van der Waals surface area contributed by atoms with Crippen molar-refractivity contribution in [2.75, 3.05) is 5.75 Å². The minimum absolute atomic E-state index is 0.141. The number of thioether (sulfide) groups is 1. The van der Waals surface area contributed by atoms with Gasteiger partial charge in [-0.1, -0.05) is 35.5 Å². The Hall–Kier alpha value is -3.43. The smallest absolute Gasteiger partial charge is 0.253 e. The molecule has 160 valence electrons. The van der Waals surface area contributed by atoms with Crippen molar-refractivity contribution in [3.63, 3.8) is 0 Å². The van der Waals surface area contributed by atoms with Gasteiger partial charge in [0.05, 0.1) is 17.7 Å². The molecular weight excluding hydrogens is 448 g/mol. The first-order chi connectivity index (χ1) is 15.7. The lowest BCUT2D eigenvalue weighted by Crippen LogP contribution is -2.28. The molecule has 4 aromatic rings. The van der Waals surface area contributed by atoms with Gasteiger partial charge in [-0.15, -0.1) is 5.10 Å². The number of H-pyrrole nitrogens is 1. The van der Waals surface area contributed by atoms with E-state index in [2.05, 4.69) is 25.3 Å². The molecule has 10 heteroatoms. The molecule has 8 nitrogen and oxygen atoms in total. The van der Waals surface area contributed by atoms with Crippen LogP contribution in [0.2, 0.25) is 5.02 Å². The molecule has 1 aliphatic rings. The van der Waals surface area contributed by atoms with Crippen molar-refractivity contribution >= 4 is 35.0 Å². The lowest BCUT2D eigenvalue weighted by Gasteiger charge is -2.19. The minimum atomic E-state index is -0.302. The molecular formula is C22H17ClN6O2S. The van der Waals surface area contributed by atoms with Gasteiger partial charge in [-0.25, -0.2) is 9.99 Å². The summed E-state index contributed by atoms with van der Waals surface area (Å²) in [5.41, 5.74) is 2.60. The lowest BCUT2D eigenvalue weighted by molar-refractivity contribution is -0.130. The maximum atomic E-state index is 13.1. The highest BCUT2D eigenvalue weighted by Crippen LogP contribution is 2.34. The molecule has 0 saturated heterocycles. The largest absolute Gasteiger partial charge is 0.467 e. The van der Waals surface area contributed by atoms with Crippen LogP contribution in [0.3, 0.4) is 0 Å². The Morgan fingerprint density at radius 1 is 1.16 bits per heavy atom. The Morgan fingerprint density at radius 2 is 1.97 bits per heavy atom. The molecule has 0 bridgehead atoms. The molecule has 0 spiro atoms. The van der Waals surface area contributed by atoms with Gasteiger partial charge in [0.2, 0.25) is 5.16 Å². The van der Waals surface area contributed by atoms with E-state index in [1.54, 1.807) is 24.7 Å². The first kappa shape index (κ1) is 20.5. The molecule has 1 aromatic carbocycles. The molecule has 1 unspecified atom stereocenters. The van der Waals surface area contributed by atoms with Gasteiger partial charge in [0.1, 0.15) is 11.8 Å². The molecule has 0 fully saturated rings. The van der Waals surface area contributed by atoms with Gasteiger partial charge in [0.25, 0.3) is 5.91 Å². The third kappa shape index (κ3) is 4.30. The Kier molecular flexibility index (Phi) is 5.74. The van der Waals surface area contributed by atoms with E-state index in [1.165, 1.54) is 16.8 Å². The molecule has 1 atom stereocenters. The molecule has 5 rings (SSSR count). The fourth-order valence-corrected chi connectivity index (χ4v) is 4.18. The number of benzene rings is 1. The van der Waals surface area contributed by atoms with Gasteiger partial charge >= 0.3 is 0 Å². The summed E-state index contributed by atoms with van der Waals surface area (Å²) in [6.45, 7) is 0. The zero-order valence-electron chi connectivity index (χ0n) is 16.7. The summed E-state index contributed by atoms with van der Waals surface area (Å²) in [5, 5.41) is 14.3. The first-order valence-electron chi connectivity index (χ1n) is 9.82. The van der Waals surface area contributed by atoms with E-state index < -0.39 is 0 Å². The van der Waals surface area contributed by atoms with Crippen molar-refractivity contribution in [1.29, 1.82) is 0 Å². The summed E-state index contributed by atoms with van der Waals surface area (Å²) < 4.78 is 5.59. The topological polar surface area (TPSA) is 100 Å². The van der Waals surface area contributed by atoms with E-state index >= 15 is 0 Å². The quantitative estimate of drug-likeness (QED) is 0.419. The highest BCUT2D eigenvalue weighted by atomic mass is 35.5. The van der Waals surface area contributed by atoms with E-state index in [9.17, 15) is 4.79 Å². The predicted octanol–water partition coefficient (Wildman–Crippen LogP) is 4.58. The van der Waals surface area contributed by atoms with Crippen LogP contribution >= 0.6 is 23.4 Å². The van der Waals surface area contributed by atoms with Crippen molar-refractivity contribution in [3.05, 3.63) is 83.5 Å². The van der Waals surface area contributed by atoms with E-state index in [1.807, 2.05) is 42.5 Å². The van der Waals surface area contributed by atoms with E-state index in [0.717, 1.165) is 16.8 Å². The number of carbonyl (C=O) groups excluding carboxylic acids is 1. The Bertz CT molecular complexity index is 1240. The number of nitrogens with one attached hydrogen (secondary N) is 1. The Balaban J connectivity index is 1.32. The van der Waals surface area contributed by atoms with Crippen LogP contribution in [-0.4, -0.2) is 42.5 Å². The zero-order valence-corrected chi connectivity index (χ0v) is 18.3. The molecule has 0 radical (unpaired) electrons. The third-order valence-electron chi connectivity index (χ3n) is 4.96.